The van der Waals surface area contributed by atoms with E-state index in [1.54, 1.807) is 7.11 Å². The van der Waals surface area contributed by atoms with Crippen LogP contribution in [0.25, 0.3) is 0 Å². The summed E-state index contributed by atoms with van der Waals surface area (Å²) in [5.74, 6) is 1.81. The van der Waals surface area contributed by atoms with Crippen LogP contribution in [0, 0.1) is 5.92 Å². The highest BCUT2D eigenvalue weighted by molar-refractivity contribution is 5.80. The molecule has 5 heteroatoms. The molecule has 0 amide bonds. The van der Waals surface area contributed by atoms with Crippen LogP contribution in [0.5, 0.6) is 0 Å². The average Bonchev–Trinajstić information content (AvgIpc) is 2.65. The van der Waals surface area contributed by atoms with Crippen LogP contribution in [0.1, 0.15) is 65.7 Å². The zero-order chi connectivity index (χ0) is 18.3. The standard InChI is InChI=1S/C20H41N3O2/c1-5-8-10-18(6-2)17-22-20(21-7-3)23-13-11-19(12-14-23)25-16-9-15-24-4/h18-19H,5-17H2,1-4H3,(H,21,22). The third kappa shape index (κ3) is 9.45. The zero-order valence-electron chi connectivity index (χ0n) is 17.1. The molecule has 0 aliphatic carbocycles. The van der Waals surface area contributed by atoms with Crippen molar-refractivity contribution in [1.82, 2.24) is 10.2 Å². The highest BCUT2D eigenvalue weighted by Gasteiger charge is 2.22. The van der Waals surface area contributed by atoms with Gasteiger partial charge < -0.3 is 19.7 Å². The second-order valence-electron chi connectivity index (χ2n) is 7.01. The number of nitrogens with zero attached hydrogens (tertiary/aromatic N) is 2. The molecule has 1 rings (SSSR count). The highest BCUT2D eigenvalue weighted by Crippen LogP contribution is 2.16. The van der Waals surface area contributed by atoms with Crippen molar-refractivity contribution in [3.63, 3.8) is 0 Å². The van der Waals surface area contributed by atoms with Gasteiger partial charge in [-0.05, 0) is 38.5 Å². The number of guanidine groups is 1. The summed E-state index contributed by atoms with van der Waals surface area (Å²) < 4.78 is 11.0. The fraction of sp³-hybridized carbons (Fsp3) is 0.950. The largest absolute Gasteiger partial charge is 0.385 e. The number of likely N-dealkylation sites (tertiary alicyclic amines) is 1. The van der Waals surface area contributed by atoms with Crippen LogP contribution in [0.15, 0.2) is 4.99 Å². The lowest BCUT2D eigenvalue weighted by Gasteiger charge is -2.34. The summed E-state index contributed by atoms with van der Waals surface area (Å²) in [6.07, 6.45) is 8.66. The Hall–Kier alpha value is -0.810. The van der Waals surface area contributed by atoms with Gasteiger partial charge in [-0.2, -0.15) is 0 Å². The first-order valence-electron chi connectivity index (χ1n) is 10.4. The molecular formula is C20H41N3O2. The molecule has 0 saturated carbocycles. The van der Waals surface area contributed by atoms with Gasteiger partial charge in [0, 0.05) is 46.5 Å². The molecule has 0 aromatic rings. The summed E-state index contributed by atoms with van der Waals surface area (Å²) in [4.78, 5) is 7.35. The molecule has 1 fully saturated rings. The van der Waals surface area contributed by atoms with Crippen LogP contribution < -0.4 is 5.32 Å². The van der Waals surface area contributed by atoms with Gasteiger partial charge in [0.25, 0.3) is 0 Å². The number of nitrogens with one attached hydrogen (secondary N) is 1. The molecule has 0 aromatic carbocycles. The number of aliphatic imine (C=N–C) groups is 1. The van der Waals surface area contributed by atoms with Crippen molar-refractivity contribution in [3.8, 4) is 0 Å². The van der Waals surface area contributed by atoms with Crippen molar-refractivity contribution in [2.45, 2.75) is 71.8 Å². The van der Waals surface area contributed by atoms with Gasteiger partial charge in [-0.1, -0.05) is 33.1 Å². The molecule has 1 atom stereocenters. The third-order valence-electron chi connectivity index (χ3n) is 4.97. The highest BCUT2D eigenvalue weighted by atomic mass is 16.5. The number of hydrogen-bond donors (Lipinski definition) is 1. The molecule has 1 saturated heterocycles. The van der Waals surface area contributed by atoms with Crippen molar-refractivity contribution < 1.29 is 9.47 Å². The van der Waals surface area contributed by atoms with Crippen molar-refractivity contribution in [3.05, 3.63) is 0 Å². The minimum Gasteiger partial charge on any atom is -0.385 e. The molecule has 5 nitrogen and oxygen atoms in total. The van der Waals surface area contributed by atoms with E-state index < -0.39 is 0 Å². The van der Waals surface area contributed by atoms with Gasteiger partial charge in [0.05, 0.1) is 6.10 Å². The molecular weight excluding hydrogens is 314 g/mol. The average molecular weight is 356 g/mol. The maximum atomic E-state index is 5.97. The first-order chi connectivity index (χ1) is 12.2. The maximum Gasteiger partial charge on any atom is 0.193 e. The van der Waals surface area contributed by atoms with Gasteiger partial charge >= 0.3 is 0 Å². The summed E-state index contributed by atoms with van der Waals surface area (Å²) in [5.41, 5.74) is 0. The summed E-state index contributed by atoms with van der Waals surface area (Å²) in [5, 5.41) is 3.48. The minimum atomic E-state index is 0.393. The molecule has 0 radical (unpaired) electrons. The van der Waals surface area contributed by atoms with Crippen LogP contribution in [-0.2, 0) is 9.47 Å². The molecule has 25 heavy (non-hydrogen) atoms. The Morgan fingerprint density at radius 1 is 1.16 bits per heavy atom. The number of unbranched alkanes of at least 4 members (excludes halogenated alkanes) is 1. The Morgan fingerprint density at radius 2 is 1.92 bits per heavy atom. The zero-order valence-corrected chi connectivity index (χ0v) is 17.1. The van der Waals surface area contributed by atoms with E-state index in [2.05, 4.69) is 31.0 Å². The summed E-state index contributed by atoms with van der Waals surface area (Å²) in [7, 11) is 1.74. The number of methoxy groups -OCH3 is 1. The molecule has 1 aliphatic rings. The maximum absolute atomic E-state index is 5.97. The number of rotatable bonds is 12. The lowest BCUT2D eigenvalue weighted by atomic mass is 10.00. The van der Waals surface area contributed by atoms with Crippen molar-refractivity contribution in [1.29, 1.82) is 0 Å². The van der Waals surface area contributed by atoms with E-state index in [4.69, 9.17) is 14.5 Å². The third-order valence-corrected chi connectivity index (χ3v) is 4.97. The fourth-order valence-electron chi connectivity index (χ4n) is 3.25. The van der Waals surface area contributed by atoms with Crippen LogP contribution in [-0.4, -0.2) is 63.5 Å². The predicted molar refractivity (Wildman–Crippen MR) is 106 cm³/mol. The summed E-state index contributed by atoms with van der Waals surface area (Å²) in [6, 6.07) is 0. The monoisotopic (exact) mass is 355 g/mol. The van der Waals surface area contributed by atoms with E-state index in [9.17, 15) is 0 Å². The van der Waals surface area contributed by atoms with Gasteiger partial charge in [0.2, 0.25) is 0 Å². The minimum absolute atomic E-state index is 0.393. The molecule has 1 aliphatic heterocycles. The summed E-state index contributed by atoms with van der Waals surface area (Å²) >= 11 is 0. The number of ether oxygens (including phenoxy) is 2. The Labute approximate surface area is 155 Å². The number of piperidine rings is 1. The molecule has 0 aromatic heterocycles. The molecule has 1 unspecified atom stereocenters. The number of hydrogen-bond acceptors (Lipinski definition) is 3. The Kier molecular flexibility index (Phi) is 12.8. The van der Waals surface area contributed by atoms with Crippen molar-refractivity contribution in [2.75, 3.05) is 46.5 Å². The van der Waals surface area contributed by atoms with E-state index in [-0.39, 0.29) is 0 Å². The van der Waals surface area contributed by atoms with Gasteiger partial charge in [-0.3, -0.25) is 4.99 Å². The van der Waals surface area contributed by atoms with Gasteiger partial charge in [-0.15, -0.1) is 0 Å². The van der Waals surface area contributed by atoms with Gasteiger partial charge in [0.1, 0.15) is 0 Å². The second-order valence-corrected chi connectivity index (χ2v) is 7.01. The van der Waals surface area contributed by atoms with E-state index in [0.29, 0.717) is 6.10 Å². The van der Waals surface area contributed by atoms with Gasteiger partial charge in [-0.25, -0.2) is 0 Å². The van der Waals surface area contributed by atoms with E-state index >= 15 is 0 Å². The Bertz CT molecular complexity index is 342. The molecule has 148 valence electrons. The quantitative estimate of drug-likeness (QED) is 0.329. The van der Waals surface area contributed by atoms with Crippen molar-refractivity contribution >= 4 is 5.96 Å². The van der Waals surface area contributed by atoms with Crippen molar-refractivity contribution in [2.24, 2.45) is 10.9 Å². The van der Waals surface area contributed by atoms with E-state index in [1.165, 1.54) is 25.7 Å². The van der Waals surface area contributed by atoms with Crippen LogP contribution in [0.3, 0.4) is 0 Å². The van der Waals surface area contributed by atoms with Crippen LogP contribution in [0.2, 0.25) is 0 Å². The predicted octanol–water partition coefficient (Wildman–Crippen LogP) is 3.69. The van der Waals surface area contributed by atoms with E-state index in [0.717, 1.165) is 70.5 Å². The molecule has 0 bridgehead atoms. The van der Waals surface area contributed by atoms with Gasteiger partial charge in [0.15, 0.2) is 5.96 Å². The topological polar surface area (TPSA) is 46.1 Å². The normalized spacial score (nSPS) is 17.8. The van der Waals surface area contributed by atoms with Crippen LogP contribution in [0.4, 0.5) is 0 Å². The molecule has 0 spiro atoms. The SMILES string of the molecule is CCCCC(CC)CN=C(NCC)N1CCC(OCCCOC)CC1. The van der Waals surface area contributed by atoms with E-state index in [1.807, 2.05) is 0 Å². The summed E-state index contributed by atoms with van der Waals surface area (Å²) in [6.45, 7) is 12.2. The second kappa shape index (κ2) is 14.4. The van der Waals surface area contributed by atoms with Crippen LogP contribution >= 0.6 is 0 Å². The smallest absolute Gasteiger partial charge is 0.193 e. The molecule has 1 heterocycles. The lowest BCUT2D eigenvalue weighted by Crippen LogP contribution is -2.47. The first kappa shape index (κ1) is 22.2. The Balaban J connectivity index is 2.41. The Morgan fingerprint density at radius 3 is 2.52 bits per heavy atom. The molecule has 1 N–H and O–H groups in total. The lowest BCUT2D eigenvalue weighted by molar-refractivity contribution is 0.00989. The first-order valence-corrected chi connectivity index (χ1v) is 10.4. The fourth-order valence-corrected chi connectivity index (χ4v) is 3.25.